The summed E-state index contributed by atoms with van der Waals surface area (Å²) < 4.78 is 6.85. The Bertz CT molecular complexity index is 817. The van der Waals surface area contributed by atoms with Crippen molar-refractivity contribution in [3.63, 3.8) is 0 Å². The summed E-state index contributed by atoms with van der Waals surface area (Å²) in [6, 6.07) is 5.52. The predicted octanol–water partition coefficient (Wildman–Crippen LogP) is 1.34. The molecular formula is C14H14N6O. The predicted molar refractivity (Wildman–Crippen MR) is 78.4 cm³/mol. The molecule has 0 atom stereocenters. The number of anilines is 1. The van der Waals surface area contributed by atoms with Gasteiger partial charge in [-0.1, -0.05) is 6.08 Å². The van der Waals surface area contributed by atoms with Crippen LogP contribution in [0.5, 0.6) is 0 Å². The van der Waals surface area contributed by atoms with Gasteiger partial charge in [-0.2, -0.15) is 4.52 Å². The zero-order valence-corrected chi connectivity index (χ0v) is 11.3. The quantitative estimate of drug-likeness (QED) is 0.736. The number of nitrogens with zero attached hydrogens (tertiary/aromatic N) is 4. The van der Waals surface area contributed by atoms with Crippen LogP contribution in [0.4, 0.5) is 5.95 Å². The first kappa shape index (κ1) is 12.1. The van der Waals surface area contributed by atoms with E-state index in [4.69, 9.17) is 10.2 Å². The maximum absolute atomic E-state index is 6.01. The summed E-state index contributed by atoms with van der Waals surface area (Å²) in [6.07, 6.45) is 4.65. The Balaban J connectivity index is 1.84. The van der Waals surface area contributed by atoms with Gasteiger partial charge in [0.25, 0.3) is 0 Å². The van der Waals surface area contributed by atoms with Gasteiger partial charge in [0.15, 0.2) is 11.4 Å². The highest BCUT2D eigenvalue weighted by Crippen LogP contribution is 2.22. The van der Waals surface area contributed by atoms with E-state index in [1.165, 1.54) is 10.1 Å². The fourth-order valence-electron chi connectivity index (χ4n) is 2.44. The summed E-state index contributed by atoms with van der Waals surface area (Å²) in [7, 11) is 0. The molecule has 0 spiro atoms. The molecule has 106 valence electrons. The lowest BCUT2D eigenvalue weighted by Gasteiger charge is -2.13. The lowest BCUT2D eigenvalue weighted by atomic mass is 10.1. The molecule has 4 heterocycles. The minimum absolute atomic E-state index is 0.326. The molecule has 3 aromatic rings. The first-order valence-corrected chi connectivity index (χ1v) is 6.78. The molecule has 0 saturated carbocycles. The summed E-state index contributed by atoms with van der Waals surface area (Å²) in [5.41, 5.74) is 8.72. The van der Waals surface area contributed by atoms with Crippen LogP contribution in [0.1, 0.15) is 12.1 Å². The summed E-state index contributed by atoms with van der Waals surface area (Å²) in [6.45, 7) is 1.80. The fraction of sp³-hybridized carbons (Fsp3) is 0.214. The van der Waals surface area contributed by atoms with Crippen molar-refractivity contribution in [2.75, 3.05) is 18.8 Å². The molecule has 0 amide bonds. The molecule has 7 heteroatoms. The zero-order valence-electron chi connectivity index (χ0n) is 11.3. The van der Waals surface area contributed by atoms with Gasteiger partial charge in [0, 0.05) is 12.6 Å². The van der Waals surface area contributed by atoms with Crippen LogP contribution in [0, 0.1) is 0 Å². The van der Waals surface area contributed by atoms with Gasteiger partial charge in [-0.05, 0) is 30.7 Å². The lowest BCUT2D eigenvalue weighted by Crippen LogP contribution is -2.20. The lowest BCUT2D eigenvalue weighted by molar-refractivity contribution is 0.577. The molecule has 3 aromatic heterocycles. The molecule has 0 aromatic carbocycles. The van der Waals surface area contributed by atoms with Gasteiger partial charge in [-0.3, -0.25) is 0 Å². The molecule has 3 N–H and O–H groups in total. The number of hydrogen-bond acceptors (Lipinski definition) is 6. The number of fused-ring (bicyclic) bond motifs is 1. The molecule has 21 heavy (non-hydrogen) atoms. The van der Waals surface area contributed by atoms with E-state index in [2.05, 4.69) is 26.5 Å². The van der Waals surface area contributed by atoms with Crippen molar-refractivity contribution in [3.8, 4) is 11.6 Å². The molecule has 4 rings (SSSR count). The van der Waals surface area contributed by atoms with E-state index in [-0.39, 0.29) is 0 Å². The number of aromatic nitrogens is 4. The minimum atomic E-state index is 0.326. The smallest absolute Gasteiger partial charge is 0.223 e. The summed E-state index contributed by atoms with van der Waals surface area (Å²) in [5, 5.41) is 7.61. The van der Waals surface area contributed by atoms with Crippen molar-refractivity contribution in [2.45, 2.75) is 6.42 Å². The second kappa shape index (κ2) is 4.71. The van der Waals surface area contributed by atoms with Crippen LogP contribution in [0.3, 0.4) is 0 Å². The molecule has 7 nitrogen and oxygen atoms in total. The largest absolute Gasteiger partial charge is 0.461 e. The van der Waals surface area contributed by atoms with E-state index in [9.17, 15) is 0 Å². The molecule has 0 fully saturated rings. The number of rotatable bonds is 2. The van der Waals surface area contributed by atoms with Crippen LogP contribution in [0.25, 0.3) is 22.8 Å². The van der Waals surface area contributed by atoms with Crippen LogP contribution >= 0.6 is 0 Å². The van der Waals surface area contributed by atoms with Gasteiger partial charge in [0.2, 0.25) is 11.8 Å². The summed E-state index contributed by atoms with van der Waals surface area (Å²) in [5.74, 6) is 1.44. The van der Waals surface area contributed by atoms with Crippen molar-refractivity contribution in [1.29, 1.82) is 0 Å². The summed E-state index contributed by atoms with van der Waals surface area (Å²) >= 11 is 0. The highest BCUT2D eigenvalue weighted by atomic mass is 16.3. The number of hydrogen-bond donors (Lipinski definition) is 2. The molecule has 1 aliphatic rings. The maximum Gasteiger partial charge on any atom is 0.223 e. The van der Waals surface area contributed by atoms with Gasteiger partial charge in [-0.25, -0.2) is 9.97 Å². The number of nitrogens with one attached hydrogen (secondary N) is 1. The van der Waals surface area contributed by atoms with Crippen LogP contribution in [0.2, 0.25) is 0 Å². The fourth-order valence-corrected chi connectivity index (χ4v) is 2.44. The van der Waals surface area contributed by atoms with E-state index in [1.807, 2.05) is 12.1 Å². The van der Waals surface area contributed by atoms with E-state index in [0.717, 1.165) is 25.2 Å². The topological polar surface area (TPSA) is 94.3 Å². The Morgan fingerprint density at radius 2 is 2.29 bits per heavy atom. The number of furan rings is 1. The SMILES string of the molecule is Nc1nc(C2=CCNCC2)cc2nc(-c3ccco3)nn12. The Morgan fingerprint density at radius 3 is 3.05 bits per heavy atom. The van der Waals surface area contributed by atoms with Gasteiger partial charge >= 0.3 is 0 Å². The zero-order chi connectivity index (χ0) is 14.2. The van der Waals surface area contributed by atoms with Crippen LogP contribution in [-0.2, 0) is 0 Å². The monoisotopic (exact) mass is 282 g/mol. The Morgan fingerprint density at radius 1 is 1.33 bits per heavy atom. The van der Waals surface area contributed by atoms with Crippen LogP contribution in [-0.4, -0.2) is 32.7 Å². The van der Waals surface area contributed by atoms with Crippen LogP contribution in [0.15, 0.2) is 35.0 Å². The normalized spacial score (nSPS) is 15.3. The third kappa shape index (κ3) is 2.07. The Labute approximate surface area is 120 Å². The van der Waals surface area contributed by atoms with Crippen LogP contribution < -0.4 is 11.1 Å². The second-order valence-electron chi connectivity index (χ2n) is 4.87. The molecule has 0 unspecified atom stereocenters. The maximum atomic E-state index is 6.01. The van der Waals surface area contributed by atoms with E-state index in [0.29, 0.717) is 23.2 Å². The van der Waals surface area contributed by atoms with Gasteiger partial charge in [-0.15, -0.1) is 5.10 Å². The Kier molecular flexibility index (Phi) is 2.71. The van der Waals surface area contributed by atoms with Crippen molar-refractivity contribution >= 4 is 17.2 Å². The first-order chi connectivity index (χ1) is 10.3. The van der Waals surface area contributed by atoms with Crippen molar-refractivity contribution in [1.82, 2.24) is 24.9 Å². The minimum Gasteiger partial charge on any atom is -0.461 e. The van der Waals surface area contributed by atoms with Gasteiger partial charge < -0.3 is 15.5 Å². The van der Waals surface area contributed by atoms with Crippen molar-refractivity contribution in [2.24, 2.45) is 0 Å². The molecule has 0 aliphatic carbocycles. The van der Waals surface area contributed by atoms with Gasteiger partial charge in [0.1, 0.15) is 0 Å². The van der Waals surface area contributed by atoms with E-state index in [1.54, 1.807) is 12.3 Å². The molecule has 0 bridgehead atoms. The highest BCUT2D eigenvalue weighted by molar-refractivity contribution is 5.68. The van der Waals surface area contributed by atoms with Crippen molar-refractivity contribution in [3.05, 3.63) is 36.2 Å². The third-order valence-electron chi connectivity index (χ3n) is 3.48. The average Bonchev–Trinajstić information content (AvgIpc) is 3.17. The number of nitrogens with two attached hydrogens (primary N) is 1. The molecular weight excluding hydrogens is 268 g/mol. The first-order valence-electron chi connectivity index (χ1n) is 6.78. The molecule has 1 aliphatic heterocycles. The number of nitrogen functional groups attached to an aromatic ring is 1. The standard InChI is InChI=1S/C14H14N6O/c15-14-17-10(9-3-5-16-6-4-9)8-12-18-13(19-20(12)14)11-2-1-7-21-11/h1-3,7-8,16H,4-6H2,(H2,15,17). The Hall–Kier alpha value is -2.67. The molecule has 0 radical (unpaired) electrons. The van der Waals surface area contributed by atoms with Gasteiger partial charge in [0.05, 0.1) is 12.0 Å². The summed E-state index contributed by atoms with van der Waals surface area (Å²) in [4.78, 5) is 8.90. The average molecular weight is 282 g/mol. The van der Waals surface area contributed by atoms with E-state index < -0.39 is 0 Å². The second-order valence-corrected chi connectivity index (χ2v) is 4.87. The van der Waals surface area contributed by atoms with E-state index >= 15 is 0 Å². The third-order valence-corrected chi connectivity index (χ3v) is 3.48. The highest BCUT2D eigenvalue weighted by Gasteiger charge is 2.14. The molecule has 0 saturated heterocycles. The van der Waals surface area contributed by atoms with Crippen molar-refractivity contribution < 1.29 is 4.42 Å².